The first-order valence-corrected chi connectivity index (χ1v) is 6.36. The number of carbonyl (C=O) groups excluding carboxylic acids is 1. The minimum absolute atomic E-state index is 0.0720. The highest BCUT2D eigenvalue weighted by atomic mass is 16.5. The fourth-order valence-electron chi connectivity index (χ4n) is 1.66. The molecule has 1 aromatic carbocycles. The maximum absolute atomic E-state index is 11.6. The summed E-state index contributed by atoms with van der Waals surface area (Å²) >= 11 is 0. The second kappa shape index (κ2) is 8.16. The Morgan fingerprint density at radius 3 is 2.35 bits per heavy atom. The Labute approximate surface area is 118 Å². The van der Waals surface area contributed by atoms with Crippen LogP contribution in [-0.2, 0) is 9.53 Å². The summed E-state index contributed by atoms with van der Waals surface area (Å²) in [4.78, 5) is 22.2. The molecule has 0 spiro atoms. The van der Waals surface area contributed by atoms with E-state index in [1.54, 1.807) is 0 Å². The lowest BCUT2D eigenvalue weighted by Crippen LogP contribution is -2.43. The number of hydrogen-bond donors (Lipinski definition) is 3. The minimum atomic E-state index is -1.11. The smallest absolute Gasteiger partial charge is 0.334 e. The van der Waals surface area contributed by atoms with Gasteiger partial charge in [-0.2, -0.15) is 0 Å². The van der Waals surface area contributed by atoms with Crippen molar-refractivity contribution in [3.05, 3.63) is 35.9 Å². The number of ether oxygens (including phenoxy) is 1. The summed E-state index contributed by atoms with van der Waals surface area (Å²) in [6, 6.07) is 9.42. The van der Waals surface area contributed by atoms with Crippen molar-refractivity contribution in [1.82, 2.24) is 10.6 Å². The molecule has 0 aromatic heterocycles. The third-order valence-corrected chi connectivity index (χ3v) is 2.95. The molecule has 2 amide bonds. The van der Waals surface area contributed by atoms with Crippen LogP contribution in [0.5, 0.6) is 0 Å². The van der Waals surface area contributed by atoms with Crippen molar-refractivity contribution in [3.8, 4) is 0 Å². The zero-order chi connectivity index (χ0) is 15.0. The van der Waals surface area contributed by atoms with E-state index >= 15 is 0 Å². The Morgan fingerprint density at radius 1 is 1.20 bits per heavy atom. The van der Waals surface area contributed by atoms with E-state index in [1.807, 2.05) is 37.3 Å². The van der Waals surface area contributed by atoms with Gasteiger partial charge in [0.2, 0.25) is 0 Å². The summed E-state index contributed by atoms with van der Waals surface area (Å²) < 4.78 is 4.72. The second-order valence-electron chi connectivity index (χ2n) is 4.47. The number of nitrogens with one attached hydrogen (secondary N) is 2. The Hall–Kier alpha value is -2.08. The molecule has 2 atom stereocenters. The summed E-state index contributed by atoms with van der Waals surface area (Å²) in [5, 5.41) is 13.9. The molecule has 1 aromatic rings. The molecule has 2 unspecified atom stereocenters. The SMILES string of the molecule is COC(CNC(=O)NCC(C)c1ccccc1)C(=O)O. The number of carbonyl (C=O) groups is 2. The number of aliphatic carboxylic acids is 1. The highest BCUT2D eigenvalue weighted by molar-refractivity contribution is 5.76. The van der Waals surface area contributed by atoms with Crippen LogP contribution >= 0.6 is 0 Å². The lowest BCUT2D eigenvalue weighted by atomic mass is 10.0. The Morgan fingerprint density at radius 2 is 1.80 bits per heavy atom. The van der Waals surface area contributed by atoms with Crippen molar-refractivity contribution >= 4 is 12.0 Å². The molecule has 3 N–H and O–H groups in total. The maximum Gasteiger partial charge on any atom is 0.334 e. The van der Waals surface area contributed by atoms with Gasteiger partial charge in [0.25, 0.3) is 0 Å². The Kier molecular flexibility index (Phi) is 6.52. The zero-order valence-electron chi connectivity index (χ0n) is 11.6. The Balaban J connectivity index is 2.31. The van der Waals surface area contributed by atoms with Gasteiger partial charge >= 0.3 is 12.0 Å². The van der Waals surface area contributed by atoms with Gasteiger partial charge in [-0.15, -0.1) is 0 Å². The first kappa shape index (κ1) is 16.0. The molecular formula is C14H20N2O4. The first-order chi connectivity index (χ1) is 9.54. The fourth-order valence-corrected chi connectivity index (χ4v) is 1.66. The van der Waals surface area contributed by atoms with Crippen LogP contribution in [0.15, 0.2) is 30.3 Å². The number of rotatable bonds is 7. The fraction of sp³-hybridized carbons (Fsp3) is 0.429. The third kappa shape index (κ3) is 5.27. The van der Waals surface area contributed by atoms with Crippen LogP contribution < -0.4 is 10.6 Å². The number of amides is 2. The van der Waals surface area contributed by atoms with Gasteiger partial charge in [0.05, 0.1) is 6.54 Å². The molecule has 0 aliphatic carbocycles. The van der Waals surface area contributed by atoms with Crippen LogP contribution in [-0.4, -0.2) is 43.4 Å². The zero-order valence-corrected chi connectivity index (χ0v) is 11.6. The van der Waals surface area contributed by atoms with E-state index in [9.17, 15) is 9.59 Å². The largest absolute Gasteiger partial charge is 0.479 e. The number of urea groups is 1. The molecule has 0 saturated carbocycles. The van der Waals surface area contributed by atoms with Gasteiger partial charge in [-0.05, 0) is 11.5 Å². The van der Waals surface area contributed by atoms with E-state index in [-0.39, 0.29) is 12.5 Å². The van der Waals surface area contributed by atoms with Crippen molar-refractivity contribution in [3.63, 3.8) is 0 Å². The molecular weight excluding hydrogens is 260 g/mol. The van der Waals surface area contributed by atoms with Crippen molar-refractivity contribution in [2.45, 2.75) is 18.9 Å². The van der Waals surface area contributed by atoms with Crippen LogP contribution in [0.2, 0.25) is 0 Å². The molecule has 1 rings (SSSR count). The lowest BCUT2D eigenvalue weighted by Gasteiger charge is -2.15. The van der Waals surface area contributed by atoms with E-state index in [0.717, 1.165) is 5.56 Å². The van der Waals surface area contributed by atoms with Crippen molar-refractivity contribution in [1.29, 1.82) is 0 Å². The number of carboxylic acids is 1. The highest BCUT2D eigenvalue weighted by Crippen LogP contribution is 2.12. The quantitative estimate of drug-likeness (QED) is 0.700. The van der Waals surface area contributed by atoms with Crippen LogP contribution in [0.4, 0.5) is 4.79 Å². The standard InChI is InChI=1S/C14H20N2O4/c1-10(11-6-4-3-5-7-11)8-15-14(19)16-9-12(20-2)13(17)18/h3-7,10,12H,8-9H2,1-2H3,(H,17,18)(H2,15,16,19). The number of benzene rings is 1. The third-order valence-electron chi connectivity index (χ3n) is 2.95. The molecule has 0 heterocycles. The molecule has 0 aliphatic rings. The summed E-state index contributed by atoms with van der Waals surface area (Å²) in [7, 11) is 1.29. The lowest BCUT2D eigenvalue weighted by molar-refractivity contribution is -0.147. The minimum Gasteiger partial charge on any atom is -0.479 e. The van der Waals surface area contributed by atoms with E-state index in [2.05, 4.69) is 10.6 Å². The van der Waals surface area contributed by atoms with E-state index in [4.69, 9.17) is 9.84 Å². The van der Waals surface area contributed by atoms with Gasteiger partial charge in [-0.25, -0.2) is 9.59 Å². The molecule has 0 radical (unpaired) electrons. The van der Waals surface area contributed by atoms with E-state index < -0.39 is 18.1 Å². The van der Waals surface area contributed by atoms with Crippen molar-refractivity contribution < 1.29 is 19.4 Å². The molecule has 0 bridgehead atoms. The van der Waals surface area contributed by atoms with E-state index in [1.165, 1.54) is 7.11 Å². The number of carboxylic acid groups (broad SMARTS) is 1. The molecule has 0 aliphatic heterocycles. The van der Waals surface area contributed by atoms with Crippen LogP contribution in [0.25, 0.3) is 0 Å². The summed E-state index contributed by atoms with van der Waals surface area (Å²) in [5.74, 6) is -0.926. The molecule has 6 heteroatoms. The topological polar surface area (TPSA) is 87.7 Å². The highest BCUT2D eigenvalue weighted by Gasteiger charge is 2.17. The molecule has 6 nitrogen and oxygen atoms in total. The predicted molar refractivity (Wildman–Crippen MR) is 74.7 cm³/mol. The summed E-state index contributed by atoms with van der Waals surface area (Å²) in [5.41, 5.74) is 1.13. The van der Waals surface area contributed by atoms with Gasteiger partial charge in [0.1, 0.15) is 0 Å². The number of hydrogen-bond acceptors (Lipinski definition) is 3. The van der Waals surface area contributed by atoms with E-state index in [0.29, 0.717) is 6.54 Å². The van der Waals surface area contributed by atoms with Crippen LogP contribution in [0, 0.1) is 0 Å². The molecule has 0 saturated heterocycles. The van der Waals surface area contributed by atoms with Crippen molar-refractivity contribution in [2.24, 2.45) is 0 Å². The van der Waals surface area contributed by atoms with Gasteiger partial charge in [0.15, 0.2) is 6.10 Å². The first-order valence-electron chi connectivity index (χ1n) is 6.36. The van der Waals surface area contributed by atoms with Gasteiger partial charge < -0.3 is 20.5 Å². The van der Waals surface area contributed by atoms with Gasteiger partial charge in [-0.3, -0.25) is 0 Å². The normalized spacial score (nSPS) is 13.3. The van der Waals surface area contributed by atoms with Gasteiger partial charge in [0, 0.05) is 13.7 Å². The monoisotopic (exact) mass is 280 g/mol. The average Bonchev–Trinajstić information content (AvgIpc) is 2.46. The predicted octanol–water partition coefficient (Wildman–Crippen LogP) is 1.19. The van der Waals surface area contributed by atoms with Crippen molar-refractivity contribution in [2.75, 3.05) is 20.2 Å². The molecule has 0 fully saturated rings. The summed E-state index contributed by atoms with van der Waals surface area (Å²) in [6.07, 6.45) is -1.03. The van der Waals surface area contributed by atoms with Crippen LogP contribution in [0.1, 0.15) is 18.4 Å². The van der Waals surface area contributed by atoms with Gasteiger partial charge in [-0.1, -0.05) is 37.3 Å². The maximum atomic E-state index is 11.6. The molecule has 110 valence electrons. The van der Waals surface area contributed by atoms with Crippen LogP contribution in [0.3, 0.4) is 0 Å². The molecule has 20 heavy (non-hydrogen) atoms. The number of methoxy groups -OCH3 is 1. The summed E-state index contributed by atoms with van der Waals surface area (Å²) in [6.45, 7) is 2.41. The average molecular weight is 280 g/mol. The Bertz CT molecular complexity index is 436. The second-order valence-corrected chi connectivity index (χ2v) is 4.47.